The predicted molar refractivity (Wildman–Crippen MR) is 48.2 cm³/mol. The average molecular weight is 196 g/mol. The number of carbonyl (C=O) groups is 1. The van der Waals surface area contributed by atoms with E-state index in [0.717, 1.165) is 25.9 Å². The van der Waals surface area contributed by atoms with Crippen molar-refractivity contribution in [2.24, 2.45) is 0 Å². The summed E-state index contributed by atoms with van der Waals surface area (Å²) < 4.78 is 0. The summed E-state index contributed by atoms with van der Waals surface area (Å²) in [6, 6.07) is 0. The molecular weight excluding hydrogens is 184 g/mol. The summed E-state index contributed by atoms with van der Waals surface area (Å²) in [6.45, 7) is 1.87. The third kappa shape index (κ3) is 1.74. The molecule has 6 heteroatoms. The number of carboxylic acid groups (broad SMARTS) is 1. The summed E-state index contributed by atoms with van der Waals surface area (Å²) in [4.78, 5) is 14.5. The number of aromatic amines is 1. The van der Waals surface area contributed by atoms with Crippen LogP contribution in [0.25, 0.3) is 0 Å². The van der Waals surface area contributed by atoms with Crippen LogP contribution in [0.1, 0.15) is 35.2 Å². The summed E-state index contributed by atoms with van der Waals surface area (Å²) >= 11 is 0. The van der Waals surface area contributed by atoms with Gasteiger partial charge < -0.3 is 10.4 Å². The third-order valence-electron chi connectivity index (χ3n) is 2.38. The zero-order valence-electron chi connectivity index (χ0n) is 7.66. The van der Waals surface area contributed by atoms with Crippen LogP contribution in [-0.4, -0.2) is 39.3 Å². The highest BCUT2D eigenvalue weighted by Gasteiger charge is 2.20. The maximum Gasteiger partial charge on any atom is 0.375 e. The lowest BCUT2D eigenvalue weighted by Gasteiger charge is -2.19. The van der Waals surface area contributed by atoms with Crippen LogP contribution in [0.4, 0.5) is 0 Å². The summed E-state index contributed by atoms with van der Waals surface area (Å²) in [5.41, 5.74) is 0. The topological polar surface area (TPSA) is 90.9 Å². The first-order valence-electron chi connectivity index (χ1n) is 4.63. The lowest BCUT2D eigenvalue weighted by atomic mass is 9.99. The van der Waals surface area contributed by atoms with Crippen molar-refractivity contribution >= 4 is 5.97 Å². The number of aromatic carboxylic acids is 1. The molecule has 0 spiro atoms. The van der Waals surface area contributed by atoms with E-state index in [1.165, 1.54) is 0 Å². The minimum Gasteiger partial charge on any atom is -0.475 e. The number of hydrogen-bond acceptors (Lipinski definition) is 4. The van der Waals surface area contributed by atoms with Crippen molar-refractivity contribution in [3.05, 3.63) is 11.6 Å². The number of hydrogen-bond donors (Lipinski definition) is 3. The highest BCUT2D eigenvalue weighted by molar-refractivity contribution is 5.82. The first-order chi connectivity index (χ1) is 6.77. The molecule has 0 radical (unpaired) electrons. The molecule has 2 heterocycles. The first-order valence-corrected chi connectivity index (χ1v) is 4.63. The highest BCUT2D eigenvalue weighted by atomic mass is 16.4. The largest absolute Gasteiger partial charge is 0.475 e. The lowest BCUT2D eigenvalue weighted by molar-refractivity contribution is 0.0684. The summed E-state index contributed by atoms with van der Waals surface area (Å²) in [6.07, 6.45) is 2.12. The van der Waals surface area contributed by atoms with Gasteiger partial charge in [-0.15, -0.1) is 5.10 Å². The average Bonchev–Trinajstić information content (AvgIpc) is 2.68. The molecule has 1 atom stereocenters. The molecule has 2 rings (SSSR count). The van der Waals surface area contributed by atoms with E-state index in [2.05, 4.69) is 20.5 Å². The molecular formula is C8H12N4O2. The number of nitrogens with zero attached hydrogens (tertiary/aromatic N) is 2. The normalized spacial score (nSPS) is 22.1. The molecule has 14 heavy (non-hydrogen) atoms. The van der Waals surface area contributed by atoms with Crippen LogP contribution in [0.3, 0.4) is 0 Å². The Hall–Kier alpha value is -1.43. The highest BCUT2D eigenvalue weighted by Crippen LogP contribution is 2.19. The minimum absolute atomic E-state index is 0.148. The monoisotopic (exact) mass is 196 g/mol. The molecule has 0 saturated carbocycles. The zero-order valence-corrected chi connectivity index (χ0v) is 7.66. The van der Waals surface area contributed by atoms with E-state index in [1.807, 2.05) is 0 Å². The van der Waals surface area contributed by atoms with Gasteiger partial charge in [0.2, 0.25) is 0 Å². The van der Waals surface area contributed by atoms with Crippen LogP contribution in [-0.2, 0) is 0 Å². The van der Waals surface area contributed by atoms with Crippen LogP contribution in [0.5, 0.6) is 0 Å². The van der Waals surface area contributed by atoms with Gasteiger partial charge in [-0.1, -0.05) is 0 Å². The van der Waals surface area contributed by atoms with Gasteiger partial charge in [-0.05, 0) is 19.4 Å². The number of piperidine rings is 1. The van der Waals surface area contributed by atoms with Crippen molar-refractivity contribution in [3.63, 3.8) is 0 Å². The second-order valence-electron chi connectivity index (χ2n) is 3.39. The number of H-pyrrole nitrogens is 1. The summed E-state index contributed by atoms with van der Waals surface area (Å²) in [5, 5.41) is 18.2. The fourth-order valence-electron chi connectivity index (χ4n) is 1.64. The van der Waals surface area contributed by atoms with Gasteiger partial charge >= 0.3 is 5.97 Å². The molecule has 76 valence electrons. The second kappa shape index (κ2) is 3.75. The number of nitrogens with one attached hydrogen (secondary N) is 2. The molecule has 0 aromatic carbocycles. The quantitative estimate of drug-likeness (QED) is 0.618. The SMILES string of the molecule is O=C(O)c1n[nH]c(C2CCCNC2)n1. The van der Waals surface area contributed by atoms with E-state index in [4.69, 9.17) is 5.11 Å². The van der Waals surface area contributed by atoms with Crippen molar-refractivity contribution in [1.82, 2.24) is 20.5 Å². The van der Waals surface area contributed by atoms with Gasteiger partial charge in [0.1, 0.15) is 5.82 Å². The fraction of sp³-hybridized carbons (Fsp3) is 0.625. The first kappa shape index (κ1) is 9.14. The maximum absolute atomic E-state index is 10.5. The Morgan fingerprint density at radius 2 is 2.43 bits per heavy atom. The number of rotatable bonds is 2. The summed E-state index contributed by atoms with van der Waals surface area (Å²) in [7, 11) is 0. The van der Waals surface area contributed by atoms with Gasteiger partial charge in [0, 0.05) is 12.5 Å². The van der Waals surface area contributed by atoms with Crippen molar-refractivity contribution in [2.45, 2.75) is 18.8 Å². The Kier molecular flexibility index (Phi) is 2.45. The van der Waals surface area contributed by atoms with E-state index in [-0.39, 0.29) is 11.7 Å². The van der Waals surface area contributed by atoms with Gasteiger partial charge in [-0.25, -0.2) is 9.78 Å². The van der Waals surface area contributed by atoms with E-state index in [9.17, 15) is 4.79 Å². The van der Waals surface area contributed by atoms with Crippen LogP contribution in [0, 0.1) is 0 Å². The Morgan fingerprint density at radius 1 is 1.57 bits per heavy atom. The van der Waals surface area contributed by atoms with Crippen molar-refractivity contribution in [3.8, 4) is 0 Å². The Balaban J connectivity index is 2.11. The predicted octanol–water partition coefficient (Wildman–Crippen LogP) is -0.0301. The van der Waals surface area contributed by atoms with Gasteiger partial charge in [-0.3, -0.25) is 5.10 Å². The molecule has 1 unspecified atom stereocenters. The van der Waals surface area contributed by atoms with Crippen molar-refractivity contribution < 1.29 is 9.90 Å². The molecule has 1 saturated heterocycles. The summed E-state index contributed by atoms with van der Waals surface area (Å²) in [5.74, 6) is -0.291. The zero-order chi connectivity index (χ0) is 9.97. The maximum atomic E-state index is 10.5. The Labute approximate surface area is 80.7 Å². The number of carboxylic acids is 1. The van der Waals surface area contributed by atoms with Crippen molar-refractivity contribution in [1.29, 1.82) is 0 Å². The van der Waals surface area contributed by atoms with E-state index in [1.54, 1.807) is 0 Å². The second-order valence-corrected chi connectivity index (χ2v) is 3.39. The molecule has 1 fully saturated rings. The molecule has 0 amide bonds. The smallest absolute Gasteiger partial charge is 0.375 e. The third-order valence-corrected chi connectivity index (χ3v) is 2.38. The van der Waals surface area contributed by atoms with Gasteiger partial charge in [0.15, 0.2) is 0 Å². The molecule has 3 N–H and O–H groups in total. The Morgan fingerprint density at radius 3 is 3.00 bits per heavy atom. The minimum atomic E-state index is -1.09. The lowest BCUT2D eigenvalue weighted by Crippen LogP contribution is -2.29. The Bertz CT molecular complexity index is 330. The van der Waals surface area contributed by atoms with Crippen LogP contribution in [0.2, 0.25) is 0 Å². The molecule has 0 aliphatic carbocycles. The van der Waals surface area contributed by atoms with E-state index >= 15 is 0 Å². The van der Waals surface area contributed by atoms with Crippen molar-refractivity contribution in [2.75, 3.05) is 13.1 Å². The molecule has 1 aromatic rings. The molecule has 1 aromatic heterocycles. The van der Waals surface area contributed by atoms with Gasteiger partial charge in [-0.2, -0.15) is 0 Å². The van der Waals surface area contributed by atoms with Crippen LogP contribution < -0.4 is 5.32 Å². The van der Waals surface area contributed by atoms with Crippen LogP contribution >= 0.6 is 0 Å². The molecule has 6 nitrogen and oxygen atoms in total. The number of aromatic nitrogens is 3. The standard InChI is InChI=1S/C8H12N4O2/c13-8(14)7-10-6(11-12-7)5-2-1-3-9-4-5/h5,9H,1-4H2,(H,13,14)(H,10,11,12). The molecule has 1 aliphatic heterocycles. The van der Waals surface area contributed by atoms with Gasteiger partial charge in [0.05, 0.1) is 0 Å². The molecule has 0 bridgehead atoms. The molecule has 1 aliphatic rings. The van der Waals surface area contributed by atoms with Gasteiger partial charge in [0.25, 0.3) is 5.82 Å². The van der Waals surface area contributed by atoms with Crippen LogP contribution in [0.15, 0.2) is 0 Å². The fourth-order valence-corrected chi connectivity index (χ4v) is 1.64. The van der Waals surface area contributed by atoms with E-state index in [0.29, 0.717) is 5.82 Å². The van der Waals surface area contributed by atoms with E-state index < -0.39 is 5.97 Å².